The number of piperazine rings is 1. The van der Waals surface area contributed by atoms with E-state index in [1.165, 1.54) is 19.2 Å². The Balaban J connectivity index is 1.25. The molecule has 0 spiro atoms. The first-order valence-corrected chi connectivity index (χ1v) is 15.2. The molecular formula is C33H34FN11O2. The number of H-pyrrole nitrogens is 1. The van der Waals surface area contributed by atoms with E-state index >= 15 is 0 Å². The van der Waals surface area contributed by atoms with E-state index < -0.39 is 12.0 Å². The summed E-state index contributed by atoms with van der Waals surface area (Å²) in [5.74, 6) is 0.315. The number of ether oxygens (including phenoxy) is 1. The minimum Gasteiger partial charge on any atom is -0.467 e. The molecule has 5 aromatic rings. The van der Waals surface area contributed by atoms with Crippen LogP contribution in [0.3, 0.4) is 0 Å². The maximum atomic E-state index is 13.7. The van der Waals surface area contributed by atoms with E-state index in [-0.39, 0.29) is 36.6 Å². The monoisotopic (exact) mass is 635 g/mol. The van der Waals surface area contributed by atoms with E-state index in [9.17, 15) is 9.18 Å². The van der Waals surface area contributed by atoms with E-state index in [1.54, 1.807) is 30.3 Å². The quantitative estimate of drug-likeness (QED) is 0.0981. The number of fused-ring (bicyclic) bond motifs is 1. The van der Waals surface area contributed by atoms with Crippen molar-refractivity contribution in [3.63, 3.8) is 0 Å². The molecule has 3 aromatic carbocycles. The molecule has 1 saturated heterocycles. The summed E-state index contributed by atoms with van der Waals surface area (Å²) in [5, 5.41) is 12.9. The SMILES string of the molecule is [C-]#[N+]c1ccc(C[C@H](Nc2nc(NCc3nc4ccc(F)cc4[nH]3)nc(Nc3cccc(CN4CCNCC4)c3)n2)C(=O)OC)cc1. The van der Waals surface area contributed by atoms with Gasteiger partial charge in [0.2, 0.25) is 17.8 Å². The predicted molar refractivity (Wildman–Crippen MR) is 177 cm³/mol. The Morgan fingerprint density at radius 3 is 2.57 bits per heavy atom. The van der Waals surface area contributed by atoms with E-state index in [0.29, 0.717) is 22.5 Å². The summed E-state index contributed by atoms with van der Waals surface area (Å²) < 4.78 is 18.8. The summed E-state index contributed by atoms with van der Waals surface area (Å²) in [6.07, 6.45) is 0.270. The molecule has 240 valence electrons. The highest BCUT2D eigenvalue weighted by Crippen LogP contribution is 2.21. The third kappa shape index (κ3) is 8.34. The fourth-order valence-electron chi connectivity index (χ4n) is 5.29. The molecule has 0 aliphatic carbocycles. The molecule has 1 aliphatic heterocycles. The Kier molecular flexibility index (Phi) is 9.75. The maximum absolute atomic E-state index is 13.7. The van der Waals surface area contributed by atoms with Crippen molar-refractivity contribution in [3.8, 4) is 0 Å². The van der Waals surface area contributed by atoms with Crippen LogP contribution in [0.15, 0.2) is 66.7 Å². The van der Waals surface area contributed by atoms with Crippen LogP contribution in [0.2, 0.25) is 0 Å². The van der Waals surface area contributed by atoms with Gasteiger partial charge in [-0.15, -0.1) is 0 Å². The molecule has 0 radical (unpaired) electrons. The van der Waals surface area contributed by atoms with Gasteiger partial charge in [0.1, 0.15) is 17.7 Å². The highest BCUT2D eigenvalue weighted by Gasteiger charge is 2.22. The number of nitrogens with one attached hydrogen (secondary N) is 5. The molecule has 6 rings (SSSR count). The number of carbonyl (C=O) groups excluding carboxylic acids is 1. The number of esters is 1. The summed E-state index contributed by atoms with van der Waals surface area (Å²) >= 11 is 0. The Hall–Kier alpha value is -5.65. The van der Waals surface area contributed by atoms with Crippen molar-refractivity contribution in [2.45, 2.75) is 25.6 Å². The zero-order valence-electron chi connectivity index (χ0n) is 25.8. The Morgan fingerprint density at radius 2 is 1.79 bits per heavy atom. The number of aromatic nitrogens is 5. The molecule has 0 saturated carbocycles. The molecule has 1 aliphatic rings. The van der Waals surface area contributed by atoms with Gasteiger partial charge < -0.3 is 31.0 Å². The number of aromatic amines is 1. The van der Waals surface area contributed by atoms with Gasteiger partial charge in [-0.25, -0.2) is 19.0 Å². The third-order valence-electron chi connectivity index (χ3n) is 7.64. The minimum absolute atomic E-state index is 0.141. The van der Waals surface area contributed by atoms with E-state index in [2.05, 4.69) is 68.1 Å². The van der Waals surface area contributed by atoms with Gasteiger partial charge in [0, 0.05) is 44.8 Å². The number of hydrogen-bond donors (Lipinski definition) is 5. The van der Waals surface area contributed by atoms with Crippen LogP contribution in [0.25, 0.3) is 15.9 Å². The standard InChI is InChI=1S/C33H34FN11O2/c1-35-24-9-6-21(7-10-24)17-28(30(46)47-2)41-33-43-31(37-19-29-39-26-11-8-23(34)18-27(26)40-29)42-32(44-33)38-25-5-3-4-22(16-25)20-45-14-12-36-13-15-45/h3-11,16,18,28,36H,12-15,17,19-20H2,2H3,(H,39,40)(H3,37,38,41,42,43,44)/t28-/m0/s1. The van der Waals surface area contributed by atoms with E-state index in [0.717, 1.165) is 49.5 Å². The van der Waals surface area contributed by atoms with Gasteiger partial charge in [-0.1, -0.05) is 36.4 Å². The number of carbonyl (C=O) groups is 1. The molecule has 2 aromatic heterocycles. The lowest BCUT2D eigenvalue weighted by atomic mass is 10.1. The van der Waals surface area contributed by atoms with Crippen molar-refractivity contribution in [1.29, 1.82) is 0 Å². The first kappa shape index (κ1) is 31.3. The average Bonchev–Trinajstić information content (AvgIpc) is 3.49. The van der Waals surface area contributed by atoms with Gasteiger partial charge in [0.15, 0.2) is 5.69 Å². The summed E-state index contributed by atoms with van der Waals surface area (Å²) in [7, 11) is 1.32. The van der Waals surface area contributed by atoms with Gasteiger partial charge in [-0.05, 0) is 41.5 Å². The highest BCUT2D eigenvalue weighted by atomic mass is 19.1. The second-order valence-corrected chi connectivity index (χ2v) is 11.1. The Labute approximate surface area is 270 Å². The zero-order valence-corrected chi connectivity index (χ0v) is 25.8. The van der Waals surface area contributed by atoms with Crippen LogP contribution in [0.1, 0.15) is 17.0 Å². The lowest BCUT2D eigenvalue weighted by Gasteiger charge is -2.27. The number of methoxy groups -OCH3 is 1. The van der Waals surface area contributed by atoms with Gasteiger partial charge in [-0.3, -0.25) is 4.90 Å². The first-order chi connectivity index (χ1) is 22.9. The maximum Gasteiger partial charge on any atom is 0.328 e. The Bertz CT molecular complexity index is 1880. The number of benzene rings is 3. The lowest BCUT2D eigenvalue weighted by molar-refractivity contribution is -0.141. The molecule has 0 bridgehead atoms. The topological polar surface area (TPSA) is 149 Å². The van der Waals surface area contributed by atoms with Crippen molar-refractivity contribution in [2.75, 3.05) is 49.2 Å². The van der Waals surface area contributed by atoms with Crippen LogP contribution in [-0.2, 0) is 29.0 Å². The van der Waals surface area contributed by atoms with Crippen LogP contribution in [0, 0.1) is 12.4 Å². The second-order valence-electron chi connectivity index (χ2n) is 11.1. The fraction of sp³-hybridized carbons (Fsp3) is 0.273. The summed E-state index contributed by atoms with van der Waals surface area (Å²) in [5.41, 5.74) is 4.49. The molecule has 3 heterocycles. The summed E-state index contributed by atoms with van der Waals surface area (Å²) in [6, 6.07) is 18.6. The smallest absolute Gasteiger partial charge is 0.328 e. The number of nitrogens with zero attached hydrogens (tertiary/aromatic N) is 6. The van der Waals surface area contributed by atoms with Gasteiger partial charge in [0.05, 0.1) is 31.3 Å². The minimum atomic E-state index is -0.825. The van der Waals surface area contributed by atoms with Crippen molar-refractivity contribution in [2.24, 2.45) is 0 Å². The number of hydrogen-bond acceptors (Lipinski definition) is 11. The predicted octanol–water partition coefficient (Wildman–Crippen LogP) is 4.39. The van der Waals surface area contributed by atoms with Crippen molar-refractivity contribution in [1.82, 2.24) is 35.1 Å². The Morgan fingerprint density at radius 1 is 1.00 bits per heavy atom. The van der Waals surface area contributed by atoms with Crippen molar-refractivity contribution in [3.05, 3.63) is 101 Å². The fourth-order valence-corrected chi connectivity index (χ4v) is 5.29. The lowest BCUT2D eigenvalue weighted by Crippen LogP contribution is -2.42. The molecular weight excluding hydrogens is 601 g/mol. The highest BCUT2D eigenvalue weighted by molar-refractivity contribution is 5.79. The van der Waals surface area contributed by atoms with Crippen LogP contribution in [0.4, 0.5) is 33.6 Å². The molecule has 1 atom stereocenters. The molecule has 5 N–H and O–H groups in total. The largest absolute Gasteiger partial charge is 0.467 e. The molecule has 1 fully saturated rings. The first-order valence-electron chi connectivity index (χ1n) is 15.2. The second kappa shape index (κ2) is 14.6. The van der Waals surface area contributed by atoms with Crippen LogP contribution in [0.5, 0.6) is 0 Å². The number of rotatable bonds is 12. The molecule has 0 amide bonds. The molecule has 47 heavy (non-hydrogen) atoms. The summed E-state index contributed by atoms with van der Waals surface area (Å²) in [4.78, 5) is 40.0. The van der Waals surface area contributed by atoms with Crippen molar-refractivity contribution < 1.29 is 13.9 Å². The van der Waals surface area contributed by atoms with Crippen molar-refractivity contribution >= 4 is 46.2 Å². The average molecular weight is 636 g/mol. The molecule has 0 unspecified atom stereocenters. The van der Waals surface area contributed by atoms with Gasteiger partial charge in [0.25, 0.3) is 0 Å². The zero-order chi connectivity index (χ0) is 32.6. The van der Waals surface area contributed by atoms with Gasteiger partial charge in [-0.2, -0.15) is 15.0 Å². The number of anilines is 4. The molecule has 14 heteroatoms. The number of imidazole rings is 1. The molecule has 13 nitrogen and oxygen atoms in total. The van der Waals surface area contributed by atoms with E-state index in [4.69, 9.17) is 11.3 Å². The normalized spacial score (nSPS) is 13.9. The van der Waals surface area contributed by atoms with Crippen LogP contribution in [-0.4, -0.2) is 75.1 Å². The third-order valence-corrected chi connectivity index (χ3v) is 7.64. The van der Waals surface area contributed by atoms with E-state index in [1.807, 2.05) is 12.1 Å². The van der Waals surface area contributed by atoms with Gasteiger partial charge >= 0.3 is 5.97 Å². The van der Waals surface area contributed by atoms with Crippen LogP contribution >= 0.6 is 0 Å². The summed E-state index contributed by atoms with van der Waals surface area (Å²) in [6.45, 7) is 12.2. The number of halogens is 1. The van der Waals surface area contributed by atoms with Crippen LogP contribution < -0.4 is 21.3 Å².